The molecule has 6 nitrogen and oxygen atoms in total. The number of carboxylic acid groups (broad SMARTS) is 1. The van der Waals surface area contributed by atoms with Crippen LogP contribution in [0.1, 0.15) is 0 Å². The van der Waals surface area contributed by atoms with Crippen LogP contribution in [0.25, 0.3) is 11.3 Å². The van der Waals surface area contributed by atoms with Gasteiger partial charge in [0.1, 0.15) is 11.5 Å². The first-order valence-electron chi connectivity index (χ1n) is 5.81. The van der Waals surface area contributed by atoms with E-state index >= 15 is 0 Å². The average molecular weight is 318 g/mol. The van der Waals surface area contributed by atoms with Crippen LogP contribution in [0.4, 0.5) is 13.2 Å². The summed E-state index contributed by atoms with van der Waals surface area (Å²) in [6.45, 7) is 0. The number of nitrogens with zero attached hydrogens (tertiary/aromatic N) is 1. The number of aliphatic carboxylic acids is 1. The number of ether oxygens (including phenoxy) is 2. The lowest BCUT2D eigenvalue weighted by molar-refractivity contribution is -0.192. The van der Waals surface area contributed by atoms with Crippen LogP contribution < -0.4 is 9.47 Å². The van der Waals surface area contributed by atoms with Crippen LogP contribution in [0, 0.1) is 0 Å². The summed E-state index contributed by atoms with van der Waals surface area (Å²) in [7, 11) is 3.27. The lowest BCUT2D eigenvalue weighted by Gasteiger charge is -2.10. The highest BCUT2D eigenvalue weighted by Gasteiger charge is 2.38. The predicted octanol–water partition coefficient (Wildman–Crippen LogP) is 2.73. The number of nitrogens with one attached hydrogen (secondary N) is 1. The number of benzene rings is 1. The second-order valence-corrected chi connectivity index (χ2v) is 3.81. The molecule has 0 atom stereocenters. The van der Waals surface area contributed by atoms with Gasteiger partial charge in [-0.3, -0.25) is 0 Å². The van der Waals surface area contributed by atoms with Gasteiger partial charge in [-0.25, -0.2) is 9.78 Å². The molecule has 0 radical (unpaired) electrons. The van der Waals surface area contributed by atoms with E-state index in [1.54, 1.807) is 26.7 Å². The molecule has 0 saturated heterocycles. The van der Waals surface area contributed by atoms with Crippen LogP contribution in [0.2, 0.25) is 0 Å². The van der Waals surface area contributed by atoms with Gasteiger partial charge in [0.05, 0.1) is 38.0 Å². The van der Waals surface area contributed by atoms with E-state index in [2.05, 4.69) is 9.97 Å². The van der Waals surface area contributed by atoms with E-state index < -0.39 is 12.1 Å². The maximum atomic E-state index is 10.6. The van der Waals surface area contributed by atoms with Crippen molar-refractivity contribution in [1.29, 1.82) is 0 Å². The Kier molecular flexibility index (Phi) is 5.79. The van der Waals surface area contributed by atoms with Gasteiger partial charge in [0.25, 0.3) is 0 Å². The number of hydrogen-bond donors (Lipinski definition) is 2. The van der Waals surface area contributed by atoms with Gasteiger partial charge in [-0.2, -0.15) is 13.2 Å². The Morgan fingerprint density at radius 3 is 2.05 bits per heavy atom. The van der Waals surface area contributed by atoms with E-state index in [1.165, 1.54) is 0 Å². The van der Waals surface area contributed by atoms with Crippen molar-refractivity contribution < 1.29 is 32.5 Å². The van der Waals surface area contributed by atoms with E-state index in [0.29, 0.717) is 0 Å². The number of halogens is 3. The lowest BCUT2D eigenvalue weighted by atomic mass is 10.1. The number of aromatic nitrogens is 2. The predicted molar refractivity (Wildman–Crippen MR) is 70.8 cm³/mol. The molecule has 0 aliphatic rings. The number of carboxylic acids is 1. The summed E-state index contributed by atoms with van der Waals surface area (Å²) < 4.78 is 42.3. The molecule has 0 saturated carbocycles. The van der Waals surface area contributed by atoms with Gasteiger partial charge >= 0.3 is 12.1 Å². The Labute approximate surface area is 123 Å². The second-order valence-electron chi connectivity index (χ2n) is 3.81. The van der Waals surface area contributed by atoms with Crippen molar-refractivity contribution in [2.75, 3.05) is 14.2 Å². The fourth-order valence-electron chi connectivity index (χ4n) is 1.51. The molecule has 9 heteroatoms. The highest BCUT2D eigenvalue weighted by Crippen LogP contribution is 2.36. The molecule has 0 aliphatic carbocycles. The van der Waals surface area contributed by atoms with Crippen molar-refractivity contribution >= 4 is 5.97 Å². The Hall–Kier alpha value is -2.71. The lowest BCUT2D eigenvalue weighted by Crippen LogP contribution is -2.21. The number of carbonyl (C=O) groups is 1. The molecule has 1 aromatic carbocycles. The molecule has 0 fully saturated rings. The summed E-state index contributed by atoms with van der Waals surface area (Å²) in [5.74, 6) is -1.23. The highest BCUT2D eigenvalue weighted by molar-refractivity contribution is 5.74. The number of alkyl halides is 3. The van der Waals surface area contributed by atoms with E-state index in [4.69, 9.17) is 19.4 Å². The number of H-pyrrole nitrogens is 1. The van der Waals surface area contributed by atoms with E-state index in [9.17, 15) is 13.2 Å². The number of aromatic amines is 1. The fourth-order valence-corrected chi connectivity index (χ4v) is 1.51. The molecule has 0 aliphatic heterocycles. The van der Waals surface area contributed by atoms with Gasteiger partial charge in [-0.05, 0) is 12.1 Å². The van der Waals surface area contributed by atoms with Gasteiger partial charge in [0, 0.05) is 0 Å². The van der Waals surface area contributed by atoms with Gasteiger partial charge in [-0.1, -0.05) is 6.07 Å². The zero-order valence-corrected chi connectivity index (χ0v) is 11.6. The number of rotatable bonds is 3. The molecule has 1 aromatic heterocycles. The van der Waals surface area contributed by atoms with Crippen molar-refractivity contribution in [2.45, 2.75) is 6.18 Å². The third kappa shape index (κ3) is 4.40. The summed E-state index contributed by atoms with van der Waals surface area (Å²) in [5, 5.41) is 7.12. The first-order chi connectivity index (χ1) is 10.3. The van der Waals surface area contributed by atoms with Gasteiger partial charge in [0.15, 0.2) is 0 Å². The van der Waals surface area contributed by atoms with E-state index in [0.717, 1.165) is 22.8 Å². The third-order valence-electron chi connectivity index (χ3n) is 2.44. The molecule has 2 aromatic rings. The van der Waals surface area contributed by atoms with Crippen molar-refractivity contribution in [3.05, 3.63) is 30.7 Å². The van der Waals surface area contributed by atoms with Crippen molar-refractivity contribution in [2.24, 2.45) is 0 Å². The molecule has 0 bridgehead atoms. The van der Waals surface area contributed by atoms with Crippen molar-refractivity contribution in [3.8, 4) is 22.8 Å². The van der Waals surface area contributed by atoms with Crippen molar-refractivity contribution in [3.63, 3.8) is 0 Å². The Bertz CT molecular complexity index is 590. The molecular formula is C13H13F3N2O4. The van der Waals surface area contributed by atoms with Crippen LogP contribution >= 0.6 is 0 Å². The molecule has 0 spiro atoms. The molecule has 0 amide bonds. The smallest absolute Gasteiger partial charge is 0.490 e. The van der Waals surface area contributed by atoms with Crippen LogP contribution in [0.3, 0.4) is 0 Å². The van der Waals surface area contributed by atoms with Gasteiger partial charge in [0.2, 0.25) is 0 Å². The molecule has 1 heterocycles. The van der Waals surface area contributed by atoms with Crippen LogP contribution in [-0.2, 0) is 4.79 Å². The maximum absolute atomic E-state index is 10.6. The van der Waals surface area contributed by atoms with Crippen LogP contribution in [0.5, 0.6) is 11.5 Å². The summed E-state index contributed by atoms with van der Waals surface area (Å²) in [5.41, 5.74) is 1.77. The molecule has 2 N–H and O–H groups in total. The summed E-state index contributed by atoms with van der Waals surface area (Å²) in [6, 6.07) is 5.66. The highest BCUT2D eigenvalue weighted by atomic mass is 19.4. The minimum atomic E-state index is -5.08. The molecule has 0 unspecified atom stereocenters. The number of methoxy groups -OCH3 is 2. The number of imidazole rings is 1. The summed E-state index contributed by atoms with van der Waals surface area (Å²) in [4.78, 5) is 15.9. The zero-order chi connectivity index (χ0) is 16.8. The molecule has 22 heavy (non-hydrogen) atoms. The minimum absolute atomic E-state index is 0.763. The standard InChI is InChI=1S/C11H12N2O2.C2HF3O2/c1-14-9-4-3-5-10(15-2)11(9)8-6-12-7-13-8;3-2(4,5)1(6)7/h3-7H,1-2H3,(H,12,13);(H,6,7). The molecule has 120 valence electrons. The van der Waals surface area contributed by atoms with Gasteiger partial charge < -0.3 is 19.6 Å². The zero-order valence-electron chi connectivity index (χ0n) is 11.6. The molecular weight excluding hydrogens is 305 g/mol. The average Bonchev–Trinajstić information content (AvgIpc) is 2.99. The first kappa shape index (κ1) is 17.3. The number of hydrogen-bond acceptors (Lipinski definition) is 4. The summed E-state index contributed by atoms with van der Waals surface area (Å²) in [6.07, 6.45) is -1.72. The maximum Gasteiger partial charge on any atom is 0.490 e. The summed E-state index contributed by atoms with van der Waals surface area (Å²) >= 11 is 0. The minimum Gasteiger partial charge on any atom is -0.496 e. The Balaban J connectivity index is 0.000000295. The van der Waals surface area contributed by atoms with Crippen LogP contribution in [-0.4, -0.2) is 41.4 Å². The van der Waals surface area contributed by atoms with Crippen LogP contribution in [0.15, 0.2) is 30.7 Å². The quantitative estimate of drug-likeness (QED) is 0.909. The Morgan fingerprint density at radius 2 is 1.73 bits per heavy atom. The SMILES string of the molecule is COc1cccc(OC)c1-c1cnc[nH]1.O=C(O)C(F)(F)F. The topological polar surface area (TPSA) is 84.4 Å². The Morgan fingerprint density at radius 1 is 1.23 bits per heavy atom. The van der Waals surface area contributed by atoms with E-state index in [1.807, 2.05) is 18.2 Å². The molecule has 2 rings (SSSR count). The first-order valence-corrected chi connectivity index (χ1v) is 5.81. The fraction of sp³-hybridized carbons (Fsp3) is 0.231. The monoisotopic (exact) mass is 318 g/mol. The second kappa shape index (κ2) is 7.34. The normalized spacial score (nSPS) is 10.4. The third-order valence-corrected chi connectivity index (χ3v) is 2.44. The van der Waals surface area contributed by atoms with Crippen molar-refractivity contribution in [1.82, 2.24) is 9.97 Å². The van der Waals surface area contributed by atoms with Gasteiger partial charge in [-0.15, -0.1) is 0 Å². The van der Waals surface area contributed by atoms with E-state index in [-0.39, 0.29) is 0 Å². The largest absolute Gasteiger partial charge is 0.496 e.